The molecule has 2 unspecified atom stereocenters. The maximum Gasteiger partial charge on any atom is 0.0890 e. The Kier molecular flexibility index (Phi) is 3.52. The van der Waals surface area contributed by atoms with Crippen molar-refractivity contribution in [2.24, 2.45) is 5.92 Å². The first-order valence-electron chi connectivity index (χ1n) is 4.90. The molecule has 0 spiro atoms. The number of ether oxygens (including phenoxy) is 1. The van der Waals surface area contributed by atoms with Crippen LogP contribution in [0.25, 0.3) is 0 Å². The van der Waals surface area contributed by atoms with E-state index in [0.717, 1.165) is 12.0 Å². The third-order valence-corrected chi connectivity index (χ3v) is 3.28. The Labute approximate surface area is 98.8 Å². The van der Waals surface area contributed by atoms with Crippen LogP contribution in [-0.4, -0.2) is 18.3 Å². The summed E-state index contributed by atoms with van der Waals surface area (Å²) in [5.41, 5.74) is 0.914. The molecule has 15 heavy (non-hydrogen) atoms. The second kappa shape index (κ2) is 4.71. The largest absolute Gasteiger partial charge is 0.396 e. The predicted octanol–water partition coefficient (Wildman–Crippen LogP) is 3.06. The number of aliphatic hydroxyl groups excluding tert-OH is 1. The highest BCUT2D eigenvalue weighted by Gasteiger charge is 2.30. The Bertz CT molecular complexity index is 354. The van der Waals surface area contributed by atoms with Gasteiger partial charge in [0.25, 0.3) is 0 Å². The minimum absolute atomic E-state index is 0.0974. The number of hydrogen-bond donors (Lipinski definition) is 1. The molecule has 1 N–H and O–H groups in total. The van der Waals surface area contributed by atoms with Crippen LogP contribution in [0, 0.1) is 5.92 Å². The minimum Gasteiger partial charge on any atom is -0.396 e. The minimum atomic E-state index is -0.0974. The first-order valence-corrected chi connectivity index (χ1v) is 5.65. The van der Waals surface area contributed by atoms with E-state index >= 15 is 0 Å². The normalized spacial score (nSPS) is 25.8. The third kappa shape index (κ3) is 2.28. The first kappa shape index (κ1) is 11.2. The van der Waals surface area contributed by atoms with Gasteiger partial charge in [0.15, 0.2) is 0 Å². The van der Waals surface area contributed by atoms with Crippen LogP contribution in [0.3, 0.4) is 0 Å². The van der Waals surface area contributed by atoms with E-state index < -0.39 is 0 Å². The van der Waals surface area contributed by atoms with Gasteiger partial charge in [0.1, 0.15) is 0 Å². The highest BCUT2D eigenvalue weighted by atomic mass is 35.5. The molecule has 1 fully saturated rings. The summed E-state index contributed by atoms with van der Waals surface area (Å²) in [5, 5.41) is 10.4. The van der Waals surface area contributed by atoms with Crippen molar-refractivity contribution < 1.29 is 9.84 Å². The fourth-order valence-corrected chi connectivity index (χ4v) is 2.41. The van der Waals surface area contributed by atoms with Crippen molar-refractivity contribution in [3.63, 3.8) is 0 Å². The van der Waals surface area contributed by atoms with Crippen molar-refractivity contribution in [1.82, 2.24) is 0 Å². The van der Waals surface area contributed by atoms with E-state index in [1.165, 1.54) is 0 Å². The van der Waals surface area contributed by atoms with Crippen LogP contribution in [-0.2, 0) is 4.74 Å². The number of halogens is 2. The van der Waals surface area contributed by atoms with Gasteiger partial charge in [0.05, 0.1) is 6.10 Å². The van der Waals surface area contributed by atoms with Gasteiger partial charge in [-0.05, 0) is 24.1 Å². The zero-order valence-corrected chi connectivity index (χ0v) is 9.63. The molecule has 2 atom stereocenters. The van der Waals surface area contributed by atoms with Gasteiger partial charge in [0.2, 0.25) is 0 Å². The molecule has 2 nitrogen and oxygen atoms in total. The molecule has 1 saturated heterocycles. The Hall–Kier alpha value is -0.280. The van der Waals surface area contributed by atoms with Crippen molar-refractivity contribution in [3.05, 3.63) is 33.8 Å². The standard InChI is InChI=1S/C11H12Cl2O2/c12-8-1-2-9(10(13)5-8)11-7(6-14)3-4-15-11/h1-2,5,7,11,14H,3-4,6H2. The summed E-state index contributed by atoms with van der Waals surface area (Å²) in [7, 11) is 0. The molecule has 4 heteroatoms. The van der Waals surface area contributed by atoms with E-state index in [4.69, 9.17) is 27.9 Å². The maximum atomic E-state index is 9.19. The van der Waals surface area contributed by atoms with Crippen LogP contribution >= 0.6 is 23.2 Å². The van der Waals surface area contributed by atoms with Crippen LogP contribution in [0.15, 0.2) is 18.2 Å². The molecule has 0 amide bonds. The molecule has 2 rings (SSSR count). The lowest BCUT2D eigenvalue weighted by Gasteiger charge is -2.18. The van der Waals surface area contributed by atoms with Crippen LogP contribution in [0.2, 0.25) is 10.0 Å². The molecule has 1 aromatic rings. The molecule has 82 valence electrons. The average molecular weight is 247 g/mol. The first-order chi connectivity index (χ1) is 7.22. The zero-order valence-electron chi connectivity index (χ0n) is 8.12. The lowest BCUT2D eigenvalue weighted by atomic mass is 9.96. The van der Waals surface area contributed by atoms with Gasteiger partial charge in [-0.15, -0.1) is 0 Å². The fraction of sp³-hybridized carbons (Fsp3) is 0.455. The van der Waals surface area contributed by atoms with Gasteiger partial charge in [-0.2, -0.15) is 0 Å². The molecule has 1 aliphatic rings. The van der Waals surface area contributed by atoms with E-state index in [1.54, 1.807) is 12.1 Å². The van der Waals surface area contributed by atoms with Gasteiger partial charge in [0, 0.05) is 29.2 Å². The van der Waals surface area contributed by atoms with Gasteiger partial charge in [-0.3, -0.25) is 0 Å². The van der Waals surface area contributed by atoms with Crippen molar-refractivity contribution in [2.75, 3.05) is 13.2 Å². The molecule has 1 aromatic carbocycles. The van der Waals surface area contributed by atoms with E-state index in [9.17, 15) is 5.11 Å². The molecular weight excluding hydrogens is 235 g/mol. The van der Waals surface area contributed by atoms with Gasteiger partial charge < -0.3 is 9.84 Å². The summed E-state index contributed by atoms with van der Waals surface area (Å²) in [6.45, 7) is 0.804. The highest BCUT2D eigenvalue weighted by Crippen LogP contribution is 2.38. The van der Waals surface area contributed by atoms with Gasteiger partial charge >= 0.3 is 0 Å². The van der Waals surface area contributed by atoms with Crippen LogP contribution in [0.5, 0.6) is 0 Å². The number of hydrogen-bond acceptors (Lipinski definition) is 2. The number of benzene rings is 1. The van der Waals surface area contributed by atoms with Crippen LogP contribution in [0.4, 0.5) is 0 Å². The predicted molar refractivity (Wildman–Crippen MR) is 60.3 cm³/mol. The quantitative estimate of drug-likeness (QED) is 0.870. The summed E-state index contributed by atoms with van der Waals surface area (Å²) in [6.07, 6.45) is 0.778. The lowest BCUT2D eigenvalue weighted by Crippen LogP contribution is -2.11. The van der Waals surface area contributed by atoms with Gasteiger partial charge in [-0.1, -0.05) is 29.3 Å². The molecular formula is C11H12Cl2O2. The van der Waals surface area contributed by atoms with E-state index in [0.29, 0.717) is 16.7 Å². The smallest absolute Gasteiger partial charge is 0.0890 e. The van der Waals surface area contributed by atoms with Crippen LogP contribution < -0.4 is 0 Å². The topological polar surface area (TPSA) is 29.5 Å². The summed E-state index contributed by atoms with van der Waals surface area (Å²) in [6, 6.07) is 5.36. The molecule has 0 bridgehead atoms. The number of rotatable bonds is 2. The van der Waals surface area contributed by atoms with Crippen molar-refractivity contribution in [3.8, 4) is 0 Å². The maximum absolute atomic E-state index is 9.19. The molecule has 1 aliphatic heterocycles. The van der Waals surface area contributed by atoms with Crippen LogP contribution in [0.1, 0.15) is 18.1 Å². The molecule has 0 aliphatic carbocycles. The Morgan fingerprint density at radius 2 is 2.20 bits per heavy atom. The van der Waals surface area contributed by atoms with E-state index in [-0.39, 0.29) is 18.6 Å². The SMILES string of the molecule is OCC1CCOC1c1ccc(Cl)cc1Cl. The third-order valence-electron chi connectivity index (χ3n) is 2.72. The molecule has 0 aromatic heterocycles. The Balaban J connectivity index is 2.28. The Morgan fingerprint density at radius 3 is 2.87 bits per heavy atom. The zero-order chi connectivity index (χ0) is 10.8. The van der Waals surface area contributed by atoms with Crippen molar-refractivity contribution in [1.29, 1.82) is 0 Å². The second-order valence-corrected chi connectivity index (χ2v) is 4.53. The average Bonchev–Trinajstić information content (AvgIpc) is 2.65. The summed E-state index contributed by atoms with van der Waals surface area (Å²) in [4.78, 5) is 0. The van der Waals surface area contributed by atoms with Gasteiger partial charge in [-0.25, -0.2) is 0 Å². The van der Waals surface area contributed by atoms with E-state index in [1.807, 2.05) is 6.07 Å². The molecule has 0 saturated carbocycles. The Morgan fingerprint density at radius 1 is 1.40 bits per heavy atom. The summed E-state index contributed by atoms with van der Waals surface area (Å²) in [5.74, 6) is 0.142. The monoisotopic (exact) mass is 246 g/mol. The highest BCUT2D eigenvalue weighted by molar-refractivity contribution is 6.35. The summed E-state index contributed by atoms with van der Waals surface area (Å²) >= 11 is 11.9. The fourth-order valence-electron chi connectivity index (χ4n) is 1.90. The second-order valence-electron chi connectivity index (χ2n) is 3.69. The van der Waals surface area contributed by atoms with E-state index in [2.05, 4.69) is 0 Å². The summed E-state index contributed by atoms with van der Waals surface area (Å²) < 4.78 is 5.58. The molecule has 0 radical (unpaired) electrons. The number of aliphatic hydroxyl groups is 1. The molecule has 1 heterocycles. The van der Waals surface area contributed by atoms with Crippen molar-refractivity contribution in [2.45, 2.75) is 12.5 Å². The van der Waals surface area contributed by atoms with Crippen molar-refractivity contribution >= 4 is 23.2 Å². The lowest BCUT2D eigenvalue weighted by molar-refractivity contribution is 0.0721.